The van der Waals surface area contributed by atoms with Crippen molar-refractivity contribution in [2.45, 2.75) is 4.90 Å². The summed E-state index contributed by atoms with van der Waals surface area (Å²) in [4.78, 5) is 11.9. The SMILES string of the molecule is COc1ccccc1NC(=O)c1ccc(NS(=O)(=O)c2ccc(Cl)cc2F)cc1. The molecule has 0 unspecified atom stereocenters. The number of anilines is 2. The molecule has 0 aromatic heterocycles. The summed E-state index contributed by atoms with van der Waals surface area (Å²) in [5.74, 6) is -0.847. The van der Waals surface area contributed by atoms with Gasteiger partial charge in [-0.1, -0.05) is 23.7 Å². The molecule has 0 heterocycles. The Morgan fingerprint density at radius 3 is 2.38 bits per heavy atom. The molecule has 3 aromatic rings. The zero-order valence-corrected chi connectivity index (χ0v) is 16.7. The molecule has 0 aliphatic carbocycles. The van der Waals surface area contributed by atoms with Crippen LogP contribution in [0.2, 0.25) is 5.02 Å². The van der Waals surface area contributed by atoms with E-state index in [4.69, 9.17) is 16.3 Å². The van der Waals surface area contributed by atoms with Gasteiger partial charge in [-0.2, -0.15) is 0 Å². The van der Waals surface area contributed by atoms with Crippen molar-refractivity contribution in [1.82, 2.24) is 0 Å². The lowest BCUT2D eigenvalue weighted by Gasteiger charge is -2.11. The molecule has 0 fully saturated rings. The van der Waals surface area contributed by atoms with Crippen LogP contribution in [-0.4, -0.2) is 21.4 Å². The van der Waals surface area contributed by atoms with Crippen molar-refractivity contribution in [2.75, 3.05) is 17.1 Å². The molecular formula is C20H16ClFN2O4S. The summed E-state index contributed by atoms with van der Waals surface area (Å²) in [5, 5.41) is 2.81. The van der Waals surface area contributed by atoms with E-state index >= 15 is 0 Å². The number of hydrogen-bond acceptors (Lipinski definition) is 4. The molecule has 0 bridgehead atoms. The van der Waals surface area contributed by atoms with Crippen LogP contribution in [0.25, 0.3) is 0 Å². The number of methoxy groups -OCH3 is 1. The number of para-hydroxylation sites is 2. The molecule has 29 heavy (non-hydrogen) atoms. The fourth-order valence-corrected chi connectivity index (χ4v) is 3.81. The third-order valence-corrected chi connectivity index (χ3v) is 5.59. The van der Waals surface area contributed by atoms with Gasteiger partial charge in [-0.25, -0.2) is 12.8 Å². The fourth-order valence-electron chi connectivity index (χ4n) is 2.54. The van der Waals surface area contributed by atoms with E-state index < -0.39 is 26.6 Å². The fraction of sp³-hybridized carbons (Fsp3) is 0.0500. The highest BCUT2D eigenvalue weighted by molar-refractivity contribution is 7.92. The second kappa shape index (κ2) is 8.50. The van der Waals surface area contributed by atoms with Crippen LogP contribution >= 0.6 is 11.6 Å². The van der Waals surface area contributed by atoms with E-state index in [-0.39, 0.29) is 10.7 Å². The third kappa shape index (κ3) is 4.85. The van der Waals surface area contributed by atoms with Crippen LogP contribution in [0.5, 0.6) is 5.75 Å². The van der Waals surface area contributed by atoms with Gasteiger partial charge < -0.3 is 10.1 Å². The molecule has 2 N–H and O–H groups in total. The topological polar surface area (TPSA) is 84.5 Å². The maximum absolute atomic E-state index is 13.9. The van der Waals surface area contributed by atoms with Crippen LogP contribution in [0.3, 0.4) is 0 Å². The lowest BCUT2D eigenvalue weighted by atomic mass is 10.2. The highest BCUT2D eigenvalue weighted by atomic mass is 35.5. The first-order chi connectivity index (χ1) is 13.8. The Morgan fingerprint density at radius 2 is 1.72 bits per heavy atom. The van der Waals surface area contributed by atoms with Crippen molar-refractivity contribution in [3.8, 4) is 5.75 Å². The minimum Gasteiger partial charge on any atom is -0.495 e. The standard InChI is InChI=1S/C20H16ClFN2O4S/c1-28-18-5-3-2-4-17(18)23-20(25)13-6-9-15(10-7-13)24-29(26,27)19-11-8-14(21)12-16(19)22/h2-12,24H,1H3,(H,23,25). The number of carbonyl (C=O) groups excluding carboxylic acids is 1. The first kappa shape index (κ1) is 20.6. The number of carbonyl (C=O) groups is 1. The van der Waals surface area contributed by atoms with Crippen LogP contribution in [0.15, 0.2) is 71.6 Å². The van der Waals surface area contributed by atoms with Crippen LogP contribution in [0, 0.1) is 5.82 Å². The largest absolute Gasteiger partial charge is 0.495 e. The zero-order valence-electron chi connectivity index (χ0n) is 15.1. The van der Waals surface area contributed by atoms with E-state index in [1.807, 2.05) is 0 Å². The first-order valence-corrected chi connectivity index (χ1v) is 10.2. The van der Waals surface area contributed by atoms with Crippen LogP contribution in [0.4, 0.5) is 15.8 Å². The Bertz CT molecular complexity index is 1150. The molecule has 3 rings (SSSR count). The van der Waals surface area contributed by atoms with Crippen molar-refractivity contribution in [3.63, 3.8) is 0 Å². The van der Waals surface area contributed by atoms with Gasteiger partial charge >= 0.3 is 0 Å². The van der Waals surface area contributed by atoms with Crippen molar-refractivity contribution in [3.05, 3.63) is 83.1 Å². The third-order valence-electron chi connectivity index (χ3n) is 3.94. The van der Waals surface area contributed by atoms with Crippen molar-refractivity contribution in [1.29, 1.82) is 0 Å². The average Bonchev–Trinajstić information content (AvgIpc) is 2.68. The Labute approximate surface area is 172 Å². The van der Waals surface area contributed by atoms with Crippen LogP contribution in [0.1, 0.15) is 10.4 Å². The lowest BCUT2D eigenvalue weighted by molar-refractivity contribution is 0.102. The summed E-state index contributed by atoms with van der Waals surface area (Å²) >= 11 is 5.65. The average molecular weight is 435 g/mol. The minimum absolute atomic E-state index is 0.0897. The van der Waals surface area contributed by atoms with E-state index in [1.165, 1.54) is 37.4 Å². The molecule has 1 amide bonds. The minimum atomic E-state index is -4.15. The van der Waals surface area contributed by atoms with Crippen LogP contribution < -0.4 is 14.8 Å². The Kier molecular flexibility index (Phi) is 6.05. The Balaban J connectivity index is 1.75. The number of nitrogens with one attached hydrogen (secondary N) is 2. The number of benzene rings is 3. The summed E-state index contributed by atoms with van der Waals surface area (Å²) in [7, 11) is -2.66. The highest BCUT2D eigenvalue weighted by Crippen LogP contribution is 2.25. The van der Waals surface area contributed by atoms with Crippen LogP contribution in [-0.2, 0) is 10.0 Å². The monoisotopic (exact) mass is 434 g/mol. The normalized spacial score (nSPS) is 11.0. The maximum Gasteiger partial charge on any atom is 0.264 e. The van der Waals surface area contributed by atoms with E-state index in [2.05, 4.69) is 10.0 Å². The smallest absolute Gasteiger partial charge is 0.264 e. The van der Waals surface area contributed by atoms with Gasteiger partial charge in [0.2, 0.25) is 0 Å². The first-order valence-electron chi connectivity index (χ1n) is 8.32. The van der Waals surface area contributed by atoms with Gasteiger partial charge in [0.25, 0.3) is 15.9 Å². The number of ether oxygens (including phenoxy) is 1. The Hall–Kier alpha value is -3.10. The number of hydrogen-bond donors (Lipinski definition) is 2. The Morgan fingerprint density at radius 1 is 1.03 bits per heavy atom. The molecule has 0 atom stereocenters. The van der Waals surface area contributed by atoms with Gasteiger partial charge in [-0.3, -0.25) is 9.52 Å². The highest BCUT2D eigenvalue weighted by Gasteiger charge is 2.19. The van der Waals surface area contributed by atoms with Crippen molar-refractivity contribution >= 4 is 38.9 Å². The quantitative estimate of drug-likeness (QED) is 0.596. The van der Waals surface area contributed by atoms with Gasteiger partial charge in [0.05, 0.1) is 12.8 Å². The molecule has 6 nitrogen and oxygen atoms in total. The van der Waals surface area contributed by atoms with E-state index in [1.54, 1.807) is 24.3 Å². The van der Waals surface area contributed by atoms with Gasteiger partial charge in [-0.15, -0.1) is 0 Å². The molecule has 9 heteroatoms. The van der Waals surface area contributed by atoms with Crippen molar-refractivity contribution in [2.24, 2.45) is 0 Å². The maximum atomic E-state index is 13.9. The summed E-state index contributed by atoms with van der Waals surface area (Å²) in [5.41, 5.74) is 0.979. The summed E-state index contributed by atoms with van der Waals surface area (Å²) in [6.45, 7) is 0. The molecule has 0 saturated heterocycles. The van der Waals surface area contributed by atoms with Gasteiger partial charge in [0, 0.05) is 16.3 Å². The second-order valence-corrected chi connectivity index (χ2v) is 8.00. The molecule has 150 valence electrons. The lowest BCUT2D eigenvalue weighted by Crippen LogP contribution is -2.15. The number of sulfonamides is 1. The molecule has 0 aliphatic rings. The molecule has 0 radical (unpaired) electrons. The van der Waals surface area contributed by atoms with Crippen molar-refractivity contribution < 1.29 is 22.3 Å². The molecular weight excluding hydrogens is 419 g/mol. The second-order valence-electron chi connectivity index (χ2n) is 5.91. The van der Waals surface area contributed by atoms with Gasteiger partial charge in [0.15, 0.2) is 0 Å². The van der Waals surface area contributed by atoms with Gasteiger partial charge in [0.1, 0.15) is 16.5 Å². The summed E-state index contributed by atoms with van der Waals surface area (Å²) < 4.78 is 46.1. The molecule has 0 spiro atoms. The van der Waals surface area contributed by atoms with Gasteiger partial charge in [-0.05, 0) is 54.6 Å². The summed E-state index contributed by atoms with van der Waals surface area (Å²) in [6.07, 6.45) is 0. The number of halogens is 2. The molecule has 0 aliphatic heterocycles. The van der Waals surface area contributed by atoms with E-state index in [9.17, 15) is 17.6 Å². The number of rotatable bonds is 6. The predicted molar refractivity (Wildman–Crippen MR) is 110 cm³/mol. The predicted octanol–water partition coefficient (Wildman–Crippen LogP) is 4.54. The zero-order chi connectivity index (χ0) is 21.0. The summed E-state index contributed by atoms with van der Waals surface area (Å²) in [6, 6.07) is 15.9. The number of amides is 1. The van der Waals surface area contributed by atoms with E-state index in [0.29, 0.717) is 17.0 Å². The van der Waals surface area contributed by atoms with E-state index in [0.717, 1.165) is 12.1 Å². The molecule has 0 saturated carbocycles. The molecule has 3 aromatic carbocycles.